The number of halogens is 1. The second kappa shape index (κ2) is 5.60. The van der Waals surface area contributed by atoms with Gasteiger partial charge < -0.3 is 5.32 Å². The number of hydrogen-bond donors (Lipinski definition) is 1. The van der Waals surface area contributed by atoms with Crippen molar-refractivity contribution in [3.05, 3.63) is 28.7 Å². The molecule has 0 radical (unpaired) electrons. The monoisotopic (exact) mass is 346 g/mol. The lowest BCUT2D eigenvalue weighted by molar-refractivity contribution is -0.119. The van der Waals surface area contributed by atoms with Gasteiger partial charge in [-0.2, -0.15) is 4.31 Å². The molecule has 19 heavy (non-hydrogen) atoms. The summed E-state index contributed by atoms with van der Waals surface area (Å²) < 4.78 is 25.4. The third-order valence-electron chi connectivity index (χ3n) is 3.04. The Morgan fingerprint density at radius 1 is 1.37 bits per heavy atom. The van der Waals surface area contributed by atoms with Gasteiger partial charge in [0.05, 0.1) is 6.26 Å². The Morgan fingerprint density at radius 3 is 2.58 bits per heavy atom. The molecule has 1 saturated heterocycles. The third-order valence-corrected chi connectivity index (χ3v) is 4.86. The summed E-state index contributed by atoms with van der Waals surface area (Å²) in [5, 5.41) is 2.75. The molecular formula is C12H15BrN2O3S. The number of nitrogens with one attached hydrogen (secondary N) is 1. The number of rotatable bonds is 3. The fourth-order valence-electron chi connectivity index (χ4n) is 2.16. The molecule has 1 heterocycles. The van der Waals surface area contributed by atoms with Gasteiger partial charge in [0.2, 0.25) is 15.9 Å². The summed E-state index contributed by atoms with van der Waals surface area (Å²) in [6, 6.07) is 6.57. The highest BCUT2D eigenvalue weighted by molar-refractivity contribution is 9.10. The minimum Gasteiger partial charge on any atom is -0.325 e. The molecule has 1 fully saturated rings. The van der Waals surface area contributed by atoms with Crippen molar-refractivity contribution >= 4 is 37.5 Å². The van der Waals surface area contributed by atoms with Crippen molar-refractivity contribution in [2.24, 2.45) is 0 Å². The van der Waals surface area contributed by atoms with E-state index >= 15 is 0 Å². The van der Waals surface area contributed by atoms with E-state index in [0.717, 1.165) is 10.7 Å². The minimum atomic E-state index is -3.33. The molecule has 0 spiro atoms. The highest BCUT2D eigenvalue weighted by Gasteiger charge is 2.36. The van der Waals surface area contributed by atoms with Crippen LogP contribution in [0, 0.1) is 0 Å². The standard InChI is InChI=1S/C12H15BrN2O3S/c1-19(17,18)15-8-2-3-11(15)12(16)14-10-6-4-9(13)5-7-10/h4-7,11H,2-3,8H2,1H3,(H,14,16)/t11-/m0/s1. The zero-order valence-corrected chi connectivity index (χ0v) is 12.9. The molecule has 104 valence electrons. The third kappa shape index (κ3) is 3.55. The van der Waals surface area contributed by atoms with Crippen molar-refractivity contribution in [3.8, 4) is 0 Å². The van der Waals surface area contributed by atoms with Gasteiger partial charge in [0.25, 0.3) is 0 Å². The van der Waals surface area contributed by atoms with Crippen molar-refractivity contribution < 1.29 is 13.2 Å². The quantitative estimate of drug-likeness (QED) is 0.907. The molecule has 0 aliphatic carbocycles. The summed E-state index contributed by atoms with van der Waals surface area (Å²) in [6.07, 6.45) is 2.42. The smallest absolute Gasteiger partial charge is 0.242 e. The van der Waals surface area contributed by atoms with E-state index < -0.39 is 16.1 Å². The first-order chi connectivity index (χ1) is 8.88. The number of hydrogen-bond acceptors (Lipinski definition) is 3. The summed E-state index contributed by atoms with van der Waals surface area (Å²) in [4.78, 5) is 12.1. The van der Waals surface area contributed by atoms with Crippen LogP contribution in [0.15, 0.2) is 28.7 Å². The topological polar surface area (TPSA) is 66.5 Å². The van der Waals surface area contributed by atoms with E-state index in [2.05, 4.69) is 21.2 Å². The van der Waals surface area contributed by atoms with Crippen LogP contribution in [-0.2, 0) is 14.8 Å². The molecule has 1 N–H and O–H groups in total. The van der Waals surface area contributed by atoms with Crippen LogP contribution in [0.4, 0.5) is 5.69 Å². The van der Waals surface area contributed by atoms with Crippen molar-refractivity contribution in [2.45, 2.75) is 18.9 Å². The predicted molar refractivity (Wildman–Crippen MR) is 77.3 cm³/mol. The first-order valence-corrected chi connectivity index (χ1v) is 8.55. The molecule has 1 atom stereocenters. The van der Waals surface area contributed by atoms with Gasteiger partial charge in [-0.1, -0.05) is 15.9 Å². The van der Waals surface area contributed by atoms with E-state index in [0.29, 0.717) is 25.1 Å². The van der Waals surface area contributed by atoms with Gasteiger partial charge in [0, 0.05) is 16.7 Å². The molecular weight excluding hydrogens is 332 g/mol. The lowest BCUT2D eigenvalue weighted by Gasteiger charge is -2.21. The Hall–Kier alpha value is -0.920. The first kappa shape index (κ1) is 14.5. The number of anilines is 1. The van der Waals surface area contributed by atoms with Gasteiger partial charge in [-0.05, 0) is 37.1 Å². The Balaban J connectivity index is 2.09. The van der Waals surface area contributed by atoms with Gasteiger partial charge in [0.15, 0.2) is 0 Å². The normalized spacial score (nSPS) is 20.4. The first-order valence-electron chi connectivity index (χ1n) is 5.91. The summed E-state index contributed by atoms with van der Waals surface area (Å²) in [5.41, 5.74) is 0.661. The van der Waals surface area contributed by atoms with E-state index in [9.17, 15) is 13.2 Å². The van der Waals surface area contributed by atoms with E-state index in [1.165, 1.54) is 4.31 Å². The Labute approximate surface area is 121 Å². The van der Waals surface area contributed by atoms with Crippen LogP contribution < -0.4 is 5.32 Å². The van der Waals surface area contributed by atoms with Crippen LogP contribution in [0.1, 0.15) is 12.8 Å². The summed E-state index contributed by atoms with van der Waals surface area (Å²) in [6.45, 7) is 0.414. The molecule has 1 aromatic rings. The van der Waals surface area contributed by atoms with Crippen molar-refractivity contribution in [1.82, 2.24) is 4.31 Å². The molecule has 1 amide bonds. The van der Waals surface area contributed by atoms with Crippen molar-refractivity contribution in [3.63, 3.8) is 0 Å². The number of carbonyl (C=O) groups is 1. The fourth-order valence-corrected chi connectivity index (χ4v) is 3.55. The van der Waals surface area contributed by atoms with Crippen molar-refractivity contribution in [2.75, 3.05) is 18.1 Å². The lowest BCUT2D eigenvalue weighted by Crippen LogP contribution is -2.42. The zero-order chi connectivity index (χ0) is 14.0. The molecule has 1 aromatic carbocycles. The number of nitrogens with zero attached hydrogens (tertiary/aromatic N) is 1. The summed E-state index contributed by atoms with van der Waals surface area (Å²) in [5.74, 6) is -0.273. The summed E-state index contributed by atoms with van der Waals surface area (Å²) in [7, 11) is -3.33. The Kier molecular flexibility index (Phi) is 4.27. The average Bonchev–Trinajstić information content (AvgIpc) is 2.81. The van der Waals surface area contributed by atoms with Crippen LogP contribution in [0.5, 0.6) is 0 Å². The fraction of sp³-hybridized carbons (Fsp3) is 0.417. The zero-order valence-electron chi connectivity index (χ0n) is 10.5. The molecule has 0 bridgehead atoms. The average molecular weight is 347 g/mol. The van der Waals surface area contributed by atoms with Gasteiger partial charge in [0.1, 0.15) is 6.04 Å². The second-order valence-corrected chi connectivity index (χ2v) is 7.38. The van der Waals surface area contributed by atoms with E-state index in [1.54, 1.807) is 12.1 Å². The molecule has 2 rings (SSSR count). The Morgan fingerprint density at radius 2 is 2.00 bits per heavy atom. The number of carbonyl (C=O) groups excluding carboxylic acids is 1. The molecule has 0 unspecified atom stereocenters. The molecule has 5 nitrogen and oxygen atoms in total. The highest BCUT2D eigenvalue weighted by atomic mass is 79.9. The van der Waals surface area contributed by atoms with E-state index in [1.807, 2.05) is 12.1 Å². The summed E-state index contributed by atoms with van der Waals surface area (Å²) >= 11 is 3.31. The number of benzene rings is 1. The Bertz CT molecular complexity index is 571. The highest BCUT2D eigenvalue weighted by Crippen LogP contribution is 2.22. The van der Waals surface area contributed by atoms with Gasteiger partial charge in [-0.25, -0.2) is 8.42 Å². The van der Waals surface area contributed by atoms with E-state index in [4.69, 9.17) is 0 Å². The predicted octanol–water partition coefficient (Wildman–Crippen LogP) is 1.81. The largest absolute Gasteiger partial charge is 0.325 e. The van der Waals surface area contributed by atoms with Crippen LogP contribution in [0.2, 0.25) is 0 Å². The molecule has 1 aliphatic rings. The maximum Gasteiger partial charge on any atom is 0.242 e. The SMILES string of the molecule is CS(=O)(=O)N1CCC[C@H]1C(=O)Nc1ccc(Br)cc1. The van der Waals surface area contributed by atoms with Crippen LogP contribution >= 0.6 is 15.9 Å². The maximum atomic E-state index is 12.1. The minimum absolute atomic E-state index is 0.273. The number of sulfonamides is 1. The molecule has 7 heteroatoms. The maximum absolute atomic E-state index is 12.1. The number of amides is 1. The van der Waals surface area contributed by atoms with Crippen molar-refractivity contribution in [1.29, 1.82) is 0 Å². The molecule has 1 aliphatic heterocycles. The van der Waals surface area contributed by atoms with Gasteiger partial charge in [-0.15, -0.1) is 0 Å². The van der Waals surface area contributed by atoms with Crippen LogP contribution in [0.3, 0.4) is 0 Å². The van der Waals surface area contributed by atoms with Gasteiger partial charge >= 0.3 is 0 Å². The van der Waals surface area contributed by atoms with Crippen LogP contribution in [0.25, 0.3) is 0 Å². The molecule has 0 saturated carbocycles. The van der Waals surface area contributed by atoms with E-state index in [-0.39, 0.29) is 5.91 Å². The van der Waals surface area contributed by atoms with Gasteiger partial charge in [-0.3, -0.25) is 4.79 Å². The lowest BCUT2D eigenvalue weighted by atomic mass is 10.2. The molecule has 0 aromatic heterocycles. The second-order valence-electron chi connectivity index (χ2n) is 4.53. The van der Waals surface area contributed by atoms with Crippen LogP contribution in [-0.4, -0.2) is 37.5 Å².